The summed E-state index contributed by atoms with van der Waals surface area (Å²) in [6.45, 7) is 1.45. The van der Waals surface area contributed by atoms with Gasteiger partial charge in [0.05, 0.1) is 5.52 Å². The number of rotatable bonds is 7. The molecule has 0 saturated heterocycles. The molecular weight excluding hydrogens is 421 g/mol. The lowest BCUT2D eigenvalue weighted by atomic mass is 9.86. The fourth-order valence-corrected chi connectivity index (χ4v) is 4.63. The second-order valence-electron chi connectivity index (χ2n) is 8.78. The first kappa shape index (κ1) is 22.7. The van der Waals surface area contributed by atoms with Gasteiger partial charge in [0, 0.05) is 42.7 Å². The van der Waals surface area contributed by atoms with Crippen molar-refractivity contribution in [3.63, 3.8) is 0 Å². The summed E-state index contributed by atoms with van der Waals surface area (Å²) < 4.78 is 0. The Labute approximate surface area is 195 Å². The Balaban J connectivity index is 1.30. The first-order valence-electron chi connectivity index (χ1n) is 11.1. The Hall–Kier alpha value is -2.51. The average Bonchev–Trinajstić information content (AvgIpc) is 2.77. The molecule has 8 heteroatoms. The van der Waals surface area contributed by atoms with E-state index in [-0.39, 0.29) is 5.75 Å². The summed E-state index contributed by atoms with van der Waals surface area (Å²) in [5.41, 5.74) is 2.00. The lowest BCUT2D eigenvalue weighted by molar-refractivity contribution is 0.323. The highest BCUT2D eigenvalue weighted by molar-refractivity contribution is 6.37. The molecule has 3 N–H and O–H groups in total. The van der Waals surface area contributed by atoms with Crippen molar-refractivity contribution < 1.29 is 5.11 Å². The minimum absolute atomic E-state index is 0.113. The zero-order chi connectivity index (χ0) is 22.7. The number of aromatic hydroxyl groups is 1. The van der Waals surface area contributed by atoms with Gasteiger partial charge in [-0.25, -0.2) is 4.98 Å². The number of hydrogen-bond acceptors (Lipinski definition) is 6. The summed E-state index contributed by atoms with van der Waals surface area (Å²) in [6, 6.07) is 11.8. The normalized spacial score (nSPS) is 18.6. The third kappa shape index (κ3) is 5.27. The number of anilines is 2. The zero-order valence-corrected chi connectivity index (χ0v) is 19.4. The number of fused-ring (bicyclic) bond motifs is 1. The fourth-order valence-electron chi connectivity index (χ4n) is 4.38. The molecular formula is C24H29BClN5O. The van der Waals surface area contributed by atoms with Gasteiger partial charge in [-0.15, -0.1) is 0 Å². The van der Waals surface area contributed by atoms with E-state index in [0.29, 0.717) is 34.9 Å². The van der Waals surface area contributed by atoms with Gasteiger partial charge in [-0.05, 0) is 62.4 Å². The molecule has 0 aliphatic heterocycles. The number of hydrogen-bond donors (Lipinski definition) is 3. The maximum absolute atomic E-state index is 10.1. The van der Waals surface area contributed by atoms with E-state index in [1.54, 1.807) is 12.1 Å². The van der Waals surface area contributed by atoms with Crippen LogP contribution in [0, 0.1) is 5.92 Å². The number of benzene rings is 2. The van der Waals surface area contributed by atoms with Crippen LogP contribution >= 0.6 is 11.6 Å². The minimum Gasteiger partial charge on any atom is -0.508 e. The molecule has 166 valence electrons. The van der Waals surface area contributed by atoms with E-state index in [0.717, 1.165) is 54.5 Å². The maximum atomic E-state index is 10.1. The van der Waals surface area contributed by atoms with Crippen LogP contribution in [0.5, 0.6) is 5.75 Å². The van der Waals surface area contributed by atoms with Gasteiger partial charge in [0.2, 0.25) is 5.95 Å². The van der Waals surface area contributed by atoms with E-state index >= 15 is 0 Å². The SMILES string of the molecule is [B]c1cc(Cl)cc(CNCC2CCC(Nc3nc(N(C)C)c4ccccc4n3)CC2)c1O. The van der Waals surface area contributed by atoms with Crippen molar-refractivity contribution in [3.8, 4) is 5.75 Å². The van der Waals surface area contributed by atoms with E-state index in [4.69, 9.17) is 29.4 Å². The van der Waals surface area contributed by atoms with E-state index in [2.05, 4.69) is 16.7 Å². The largest absolute Gasteiger partial charge is 0.508 e. The average molecular weight is 450 g/mol. The third-order valence-corrected chi connectivity index (χ3v) is 6.34. The van der Waals surface area contributed by atoms with E-state index in [1.807, 2.05) is 37.2 Å². The van der Waals surface area contributed by atoms with Crippen LogP contribution in [-0.2, 0) is 6.54 Å². The van der Waals surface area contributed by atoms with E-state index in [1.165, 1.54) is 0 Å². The molecule has 0 spiro atoms. The predicted octanol–water partition coefficient (Wildman–Crippen LogP) is 3.61. The number of nitrogens with one attached hydrogen (secondary N) is 2. The Bertz CT molecular complexity index is 1090. The molecule has 1 aliphatic rings. The number of aromatic nitrogens is 2. The van der Waals surface area contributed by atoms with Gasteiger partial charge in [0.1, 0.15) is 19.4 Å². The quantitative estimate of drug-likeness (QED) is 0.479. The monoisotopic (exact) mass is 449 g/mol. The summed E-state index contributed by atoms with van der Waals surface area (Å²) in [7, 11) is 9.81. The Morgan fingerprint density at radius 3 is 2.62 bits per heavy atom. The highest BCUT2D eigenvalue weighted by atomic mass is 35.5. The molecule has 1 aromatic heterocycles. The second kappa shape index (κ2) is 9.96. The van der Waals surface area contributed by atoms with Crippen LogP contribution in [0.3, 0.4) is 0 Å². The van der Waals surface area contributed by atoms with Crippen molar-refractivity contribution in [2.24, 2.45) is 5.92 Å². The molecule has 6 nitrogen and oxygen atoms in total. The van der Waals surface area contributed by atoms with Crippen molar-refractivity contribution in [1.82, 2.24) is 15.3 Å². The highest BCUT2D eigenvalue weighted by Crippen LogP contribution is 2.28. The Morgan fingerprint density at radius 2 is 1.88 bits per heavy atom. The van der Waals surface area contributed by atoms with Gasteiger partial charge < -0.3 is 20.6 Å². The first-order valence-corrected chi connectivity index (χ1v) is 11.5. The van der Waals surface area contributed by atoms with Crippen molar-refractivity contribution in [1.29, 1.82) is 0 Å². The maximum Gasteiger partial charge on any atom is 0.225 e. The third-order valence-electron chi connectivity index (χ3n) is 6.12. The topological polar surface area (TPSA) is 73.3 Å². The van der Waals surface area contributed by atoms with Crippen LogP contribution < -0.4 is 21.0 Å². The molecule has 2 radical (unpaired) electrons. The predicted molar refractivity (Wildman–Crippen MR) is 133 cm³/mol. The van der Waals surface area contributed by atoms with Crippen LogP contribution in [-0.4, -0.2) is 49.6 Å². The van der Waals surface area contributed by atoms with Gasteiger partial charge in [-0.2, -0.15) is 4.98 Å². The van der Waals surface area contributed by atoms with Crippen LogP contribution in [0.25, 0.3) is 10.9 Å². The van der Waals surface area contributed by atoms with Crippen LogP contribution in [0.15, 0.2) is 36.4 Å². The van der Waals surface area contributed by atoms with Crippen molar-refractivity contribution in [2.75, 3.05) is 30.9 Å². The standard InChI is InChI=1S/C24H29BClN5O/c1-31(2)23-19-5-3-4-6-21(19)29-24(30-23)28-18-9-7-15(8-10-18)13-27-14-16-11-17(26)12-20(25)22(16)32/h3-6,11-12,15,18,27,32H,7-10,13-14H2,1-2H3,(H,28,29,30). The van der Waals surface area contributed by atoms with Gasteiger partial charge in [0.15, 0.2) is 0 Å². The summed E-state index contributed by atoms with van der Waals surface area (Å²) in [5.74, 6) is 2.34. The number of phenols is 1. The van der Waals surface area contributed by atoms with Crippen molar-refractivity contribution in [3.05, 3.63) is 47.0 Å². The number of para-hydroxylation sites is 1. The first-order chi connectivity index (χ1) is 15.4. The highest BCUT2D eigenvalue weighted by Gasteiger charge is 2.22. The lowest BCUT2D eigenvalue weighted by Crippen LogP contribution is -2.31. The van der Waals surface area contributed by atoms with E-state index in [9.17, 15) is 5.11 Å². The Kier molecular flexibility index (Phi) is 7.06. The molecule has 3 aromatic rings. The molecule has 4 rings (SSSR count). The number of phenolic OH excluding ortho intramolecular Hbond substituents is 1. The number of nitrogens with zero attached hydrogens (tertiary/aromatic N) is 3. The molecule has 0 atom stereocenters. The second-order valence-corrected chi connectivity index (χ2v) is 9.21. The van der Waals surface area contributed by atoms with Gasteiger partial charge in [-0.3, -0.25) is 0 Å². The smallest absolute Gasteiger partial charge is 0.225 e. The van der Waals surface area contributed by atoms with Crippen molar-refractivity contribution >= 4 is 47.6 Å². The van der Waals surface area contributed by atoms with Crippen LogP contribution in [0.2, 0.25) is 5.02 Å². The van der Waals surface area contributed by atoms with Crippen molar-refractivity contribution in [2.45, 2.75) is 38.3 Å². The summed E-state index contributed by atoms with van der Waals surface area (Å²) in [6.07, 6.45) is 4.41. The number of halogens is 1. The fraction of sp³-hybridized carbons (Fsp3) is 0.417. The molecule has 1 heterocycles. The van der Waals surface area contributed by atoms with Gasteiger partial charge >= 0.3 is 0 Å². The summed E-state index contributed by atoms with van der Waals surface area (Å²) >= 11 is 6.05. The molecule has 0 amide bonds. The summed E-state index contributed by atoms with van der Waals surface area (Å²) in [5, 5.41) is 18.7. The molecule has 1 fully saturated rings. The molecule has 1 aliphatic carbocycles. The van der Waals surface area contributed by atoms with E-state index < -0.39 is 0 Å². The minimum atomic E-state index is 0.113. The Morgan fingerprint density at radius 1 is 1.12 bits per heavy atom. The molecule has 2 aromatic carbocycles. The summed E-state index contributed by atoms with van der Waals surface area (Å²) in [4.78, 5) is 11.5. The molecule has 32 heavy (non-hydrogen) atoms. The molecule has 0 bridgehead atoms. The lowest BCUT2D eigenvalue weighted by Gasteiger charge is -2.29. The zero-order valence-electron chi connectivity index (χ0n) is 18.6. The van der Waals surface area contributed by atoms with Crippen LogP contribution in [0.4, 0.5) is 11.8 Å². The molecule has 1 saturated carbocycles. The van der Waals surface area contributed by atoms with Gasteiger partial charge in [-0.1, -0.05) is 29.2 Å². The van der Waals surface area contributed by atoms with Crippen LogP contribution in [0.1, 0.15) is 31.2 Å². The molecule has 0 unspecified atom stereocenters. The van der Waals surface area contributed by atoms with Gasteiger partial charge in [0.25, 0.3) is 0 Å².